The first-order valence-corrected chi connectivity index (χ1v) is 6.18. The zero-order valence-electron chi connectivity index (χ0n) is 9.54. The van der Waals surface area contributed by atoms with Gasteiger partial charge in [-0.3, -0.25) is 4.79 Å². The lowest BCUT2D eigenvalue weighted by molar-refractivity contribution is -0.142. The Morgan fingerprint density at radius 3 is 3.00 bits per heavy atom. The fourth-order valence-electron chi connectivity index (χ4n) is 1.88. The van der Waals surface area contributed by atoms with Crippen molar-refractivity contribution >= 4 is 17.5 Å². The van der Waals surface area contributed by atoms with Crippen LogP contribution in [0.25, 0.3) is 0 Å². The lowest BCUT2D eigenvalue weighted by Gasteiger charge is -2.33. The lowest BCUT2D eigenvalue weighted by atomic mass is 10.0. The maximum absolute atomic E-state index is 12.0. The highest BCUT2D eigenvalue weighted by atomic mass is 35.5. The van der Waals surface area contributed by atoms with Crippen LogP contribution in [-0.4, -0.2) is 42.5 Å². The fourth-order valence-corrected chi connectivity index (χ4v) is 2.07. The van der Waals surface area contributed by atoms with Gasteiger partial charge in [0.1, 0.15) is 0 Å². The first-order chi connectivity index (χ1) is 7.19. The van der Waals surface area contributed by atoms with Crippen LogP contribution in [0.15, 0.2) is 0 Å². The summed E-state index contributed by atoms with van der Waals surface area (Å²) < 4.78 is 5.42. The quantitative estimate of drug-likeness (QED) is 0.694. The van der Waals surface area contributed by atoms with Gasteiger partial charge in [-0.15, -0.1) is 11.6 Å². The van der Waals surface area contributed by atoms with Crippen LogP contribution in [0.1, 0.15) is 26.7 Å². The summed E-state index contributed by atoms with van der Waals surface area (Å²) in [5, 5.41) is 0. The van der Waals surface area contributed by atoms with E-state index in [-0.39, 0.29) is 17.9 Å². The maximum Gasteiger partial charge on any atom is 0.225 e. The van der Waals surface area contributed by atoms with Gasteiger partial charge in [-0.1, -0.05) is 20.3 Å². The van der Waals surface area contributed by atoms with Crippen LogP contribution in [0.3, 0.4) is 0 Å². The van der Waals surface area contributed by atoms with Gasteiger partial charge in [-0.25, -0.2) is 0 Å². The molecule has 0 radical (unpaired) electrons. The number of nitrogens with zero attached hydrogens (tertiary/aromatic N) is 1. The van der Waals surface area contributed by atoms with Crippen LogP contribution in [0, 0.1) is 5.92 Å². The van der Waals surface area contributed by atoms with Gasteiger partial charge < -0.3 is 9.64 Å². The summed E-state index contributed by atoms with van der Waals surface area (Å²) in [6, 6.07) is 0. The summed E-state index contributed by atoms with van der Waals surface area (Å²) in [6.07, 6.45) is 2.02. The Bertz CT molecular complexity index is 211. The third kappa shape index (κ3) is 3.65. The summed E-state index contributed by atoms with van der Waals surface area (Å²) >= 11 is 5.73. The summed E-state index contributed by atoms with van der Waals surface area (Å²) in [5.74, 6) is 0.839. The van der Waals surface area contributed by atoms with E-state index in [1.165, 1.54) is 0 Å². The third-order valence-corrected chi connectivity index (χ3v) is 3.11. The van der Waals surface area contributed by atoms with E-state index in [1.54, 1.807) is 0 Å². The molecule has 0 aliphatic carbocycles. The Morgan fingerprint density at radius 2 is 2.40 bits per heavy atom. The van der Waals surface area contributed by atoms with Crippen molar-refractivity contribution in [3.8, 4) is 0 Å². The second-order valence-corrected chi connectivity index (χ2v) is 4.43. The largest absolute Gasteiger partial charge is 0.373 e. The van der Waals surface area contributed by atoms with Crippen molar-refractivity contribution in [1.29, 1.82) is 0 Å². The van der Waals surface area contributed by atoms with Crippen molar-refractivity contribution in [1.82, 2.24) is 4.90 Å². The van der Waals surface area contributed by atoms with E-state index in [1.807, 2.05) is 11.8 Å². The van der Waals surface area contributed by atoms with Gasteiger partial charge in [0.2, 0.25) is 5.91 Å². The number of amides is 1. The maximum atomic E-state index is 12.0. The predicted molar refractivity (Wildman–Crippen MR) is 61.1 cm³/mol. The number of carbonyl (C=O) groups excluding carboxylic acids is 1. The number of halogens is 1. The molecule has 1 amide bonds. The Kier molecular flexibility index (Phi) is 5.40. The third-order valence-electron chi connectivity index (χ3n) is 2.77. The molecule has 3 nitrogen and oxygen atoms in total. The Morgan fingerprint density at radius 1 is 1.67 bits per heavy atom. The molecule has 2 unspecified atom stereocenters. The second kappa shape index (κ2) is 6.33. The van der Waals surface area contributed by atoms with Crippen molar-refractivity contribution in [2.24, 2.45) is 5.92 Å². The molecule has 1 rings (SSSR count). The molecule has 1 fully saturated rings. The van der Waals surface area contributed by atoms with Crippen molar-refractivity contribution in [2.75, 3.05) is 25.6 Å². The molecule has 1 heterocycles. The molecule has 0 N–H and O–H groups in total. The van der Waals surface area contributed by atoms with Crippen LogP contribution in [-0.2, 0) is 9.53 Å². The normalized spacial score (nSPS) is 23.9. The molecule has 1 saturated heterocycles. The Balaban J connectivity index is 2.44. The lowest BCUT2D eigenvalue weighted by Crippen LogP contribution is -2.48. The van der Waals surface area contributed by atoms with E-state index < -0.39 is 0 Å². The summed E-state index contributed by atoms with van der Waals surface area (Å²) in [6.45, 7) is 6.07. The average molecular weight is 234 g/mol. The van der Waals surface area contributed by atoms with Gasteiger partial charge in [0.25, 0.3) is 0 Å². The van der Waals surface area contributed by atoms with E-state index in [9.17, 15) is 4.79 Å². The van der Waals surface area contributed by atoms with Gasteiger partial charge in [0, 0.05) is 19.0 Å². The first kappa shape index (κ1) is 12.8. The molecule has 0 bridgehead atoms. The van der Waals surface area contributed by atoms with Crippen LogP contribution in [0.2, 0.25) is 0 Å². The molecule has 0 aromatic carbocycles. The van der Waals surface area contributed by atoms with Crippen LogP contribution < -0.4 is 0 Å². The topological polar surface area (TPSA) is 29.5 Å². The number of morpholine rings is 1. The van der Waals surface area contributed by atoms with Crippen LogP contribution >= 0.6 is 11.6 Å². The Hall–Kier alpha value is -0.280. The minimum absolute atomic E-state index is 0.0122. The monoisotopic (exact) mass is 233 g/mol. The molecule has 15 heavy (non-hydrogen) atoms. The number of carbonyl (C=O) groups is 1. The summed E-state index contributed by atoms with van der Waals surface area (Å²) in [7, 11) is 0. The first-order valence-electron chi connectivity index (χ1n) is 5.65. The van der Waals surface area contributed by atoms with Gasteiger partial charge >= 0.3 is 0 Å². The van der Waals surface area contributed by atoms with Gasteiger partial charge in [-0.2, -0.15) is 0 Å². The van der Waals surface area contributed by atoms with Crippen molar-refractivity contribution in [3.05, 3.63) is 0 Å². The van der Waals surface area contributed by atoms with Crippen molar-refractivity contribution in [2.45, 2.75) is 32.8 Å². The van der Waals surface area contributed by atoms with E-state index in [0.717, 1.165) is 12.8 Å². The summed E-state index contributed by atoms with van der Waals surface area (Å²) in [4.78, 5) is 13.9. The molecule has 88 valence electrons. The highest BCUT2D eigenvalue weighted by Gasteiger charge is 2.26. The van der Waals surface area contributed by atoms with E-state index >= 15 is 0 Å². The fraction of sp³-hybridized carbons (Fsp3) is 0.909. The molecular weight excluding hydrogens is 214 g/mol. The average Bonchev–Trinajstić information content (AvgIpc) is 2.28. The highest BCUT2D eigenvalue weighted by molar-refractivity contribution is 6.18. The van der Waals surface area contributed by atoms with Crippen LogP contribution in [0.5, 0.6) is 0 Å². The molecular formula is C11H20ClNO2. The molecule has 1 aliphatic rings. The molecule has 0 aromatic heterocycles. The minimum atomic E-state index is 0.0122. The number of hydrogen-bond donors (Lipinski definition) is 0. The van der Waals surface area contributed by atoms with Crippen LogP contribution in [0.4, 0.5) is 0 Å². The highest BCUT2D eigenvalue weighted by Crippen LogP contribution is 2.13. The van der Waals surface area contributed by atoms with E-state index in [0.29, 0.717) is 25.6 Å². The van der Waals surface area contributed by atoms with Crippen molar-refractivity contribution < 1.29 is 9.53 Å². The van der Waals surface area contributed by atoms with Gasteiger partial charge in [0.15, 0.2) is 0 Å². The SMILES string of the molecule is CCCC(C)C(=O)N1CCOC(CCl)C1. The molecule has 0 saturated carbocycles. The molecule has 2 atom stereocenters. The zero-order valence-corrected chi connectivity index (χ0v) is 10.3. The van der Waals surface area contributed by atoms with Gasteiger partial charge in [-0.05, 0) is 6.42 Å². The zero-order chi connectivity index (χ0) is 11.3. The number of ether oxygens (including phenoxy) is 1. The number of hydrogen-bond acceptors (Lipinski definition) is 2. The van der Waals surface area contributed by atoms with Gasteiger partial charge in [0.05, 0.1) is 18.6 Å². The minimum Gasteiger partial charge on any atom is -0.373 e. The molecule has 1 aliphatic heterocycles. The number of alkyl halides is 1. The summed E-state index contributed by atoms with van der Waals surface area (Å²) in [5.41, 5.74) is 0. The number of rotatable bonds is 4. The Labute approximate surface area is 96.7 Å². The molecule has 0 spiro atoms. The van der Waals surface area contributed by atoms with E-state index in [2.05, 4.69) is 6.92 Å². The predicted octanol–water partition coefficient (Wildman–Crippen LogP) is 1.89. The smallest absolute Gasteiger partial charge is 0.225 e. The standard InChI is InChI=1S/C11H20ClNO2/c1-3-4-9(2)11(14)13-5-6-15-10(7-12)8-13/h9-10H,3-8H2,1-2H3. The molecule has 0 aromatic rings. The van der Waals surface area contributed by atoms with Crippen molar-refractivity contribution in [3.63, 3.8) is 0 Å². The second-order valence-electron chi connectivity index (χ2n) is 4.12. The molecule has 4 heteroatoms. The van der Waals surface area contributed by atoms with E-state index in [4.69, 9.17) is 16.3 Å².